The van der Waals surface area contributed by atoms with Gasteiger partial charge in [-0.3, -0.25) is 9.59 Å². The minimum absolute atomic E-state index is 0.0391. The van der Waals surface area contributed by atoms with Crippen LogP contribution in [0.4, 0.5) is 11.4 Å². The Morgan fingerprint density at radius 3 is 2.50 bits per heavy atom. The molecule has 3 rings (SSSR count). The molecule has 0 radical (unpaired) electrons. The van der Waals surface area contributed by atoms with Gasteiger partial charge in [-0.15, -0.1) is 0 Å². The summed E-state index contributed by atoms with van der Waals surface area (Å²) in [5.74, 6) is -1.12. The van der Waals surface area contributed by atoms with Gasteiger partial charge in [0.05, 0.1) is 25.0 Å². The first-order valence-corrected chi connectivity index (χ1v) is 9.81. The summed E-state index contributed by atoms with van der Waals surface area (Å²) in [6.45, 7) is 2.38. The third kappa shape index (κ3) is 4.46. The summed E-state index contributed by atoms with van der Waals surface area (Å²) in [6, 6.07) is 12.9. The van der Waals surface area contributed by atoms with Crippen LogP contribution in [-0.2, 0) is 14.3 Å². The monoisotopic (exact) mass is 428 g/mol. The highest BCUT2D eigenvalue weighted by Gasteiger charge is 2.39. The van der Waals surface area contributed by atoms with Crippen LogP contribution in [0, 0.1) is 0 Å². The zero-order valence-electron chi connectivity index (χ0n) is 16.6. The zero-order valence-corrected chi connectivity index (χ0v) is 17.4. The number of anilines is 2. The van der Waals surface area contributed by atoms with Crippen molar-refractivity contribution in [2.24, 2.45) is 0 Å². The molecule has 7 nitrogen and oxygen atoms in total. The molecule has 156 valence electrons. The Morgan fingerprint density at radius 1 is 1.10 bits per heavy atom. The van der Waals surface area contributed by atoms with Crippen molar-refractivity contribution in [1.82, 2.24) is 0 Å². The Balaban J connectivity index is 1.74. The van der Waals surface area contributed by atoms with Crippen LogP contribution in [0.5, 0.6) is 5.75 Å². The number of unbranched alkanes of at least 4 members (excludes halogenated alkanes) is 1. The van der Waals surface area contributed by atoms with E-state index in [0.29, 0.717) is 29.3 Å². The van der Waals surface area contributed by atoms with E-state index >= 15 is 0 Å². The Hall–Kier alpha value is -3.32. The minimum atomic E-state index is -0.631. The Labute approximate surface area is 179 Å². The average molecular weight is 429 g/mol. The van der Waals surface area contributed by atoms with Crippen LogP contribution in [-0.4, -0.2) is 31.5 Å². The van der Waals surface area contributed by atoms with Crippen LogP contribution < -0.4 is 15.0 Å². The molecule has 1 aliphatic heterocycles. The van der Waals surface area contributed by atoms with Crippen LogP contribution >= 0.6 is 11.6 Å². The average Bonchev–Trinajstić information content (AvgIpc) is 2.97. The SMILES string of the molecule is CCCCOC(=O)c1ccc(NC2=C(Cl)C(=O)N(c3cccc(OC)c3)C2=O)cc1. The number of rotatable bonds is 8. The fourth-order valence-electron chi connectivity index (χ4n) is 2.82. The smallest absolute Gasteiger partial charge is 0.338 e. The number of nitrogens with zero attached hydrogens (tertiary/aromatic N) is 1. The van der Waals surface area contributed by atoms with Gasteiger partial charge in [0.15, 0.2) is 0 Å². The van der Waals surface area contributed by atoms with Crippen LogP contribution in [0.1, 0.15) is 30.1 Å². The molecule has 8 heteroatoms. The van der Waals surface area contributed by atoms with E-state index in [2.05, 4.69) is 5.32 Å². The van der Waals surface area contributed by atoms with E-state index < -0.39 is 17.8 Å². The maximum atomic E-state index is 12.8. The van der Waals surface area contributed by atoms with Crippen LogP contribution in [0.15, 0.2) is 59.3 Å². The molecule has 2 aromatic carbocycles. The minimum Gasteiger partial charge on any atom is -0.497 e. The molecule has 0 saturated carbocycles. The normalized spacial score (nSPS) is 13.6. The van der Waals surface area contributed by atoms with Gasteiger partial charge in [0, 0.05) is 11.8 Å². The van der Waals surface area contributed by atoms with Crippen molar-refractivity contribution < 1.29 is 23.9 Å². The van der Waals surface area contributed by atoms with Crippen LogP contribution in [0.2, 0.25) is 0 Å². The van der Waals surface area contributed by atoms with Gasteiger partial charge in [0.2, 0.25) is 0 Å². The van der Waals surface area contributed by atoms with E-state index in [4.69, 9.17) is 21.1 Å². The van der Waals surface area contributed by atoms with Crippen molar-refractivity contribution in [3.8, 4) is 5.75 Å². The third-order valence-corrected chi connectivity index (χ3v) is 4.81. The van der Waals surface area contributed by atoms with Crippen molar-refractivity contribution >= 4 is 40.8 Å². The number of imide groups is 1. The summed E-state index contributed by atoms with van der Waals surface area (Å²) < 4.78 is 10.3. The Bertz CT molecular complexity index is 1000. The summed E-state index contributed by atoms with van der Waals surface area (Å²) in [4.78, 5) is 38.4. The molecule has 2 amide bonds. The Kier molecular flexibility index (Phi) is 6.74. The maximum absolute atomic E-state index is 12.8. The first-order valence-electron chi connectivity index (χ1n) is 9.43. The standard InChI is InChI=1S/C22H21ClN2O5/c1-3-4-12-30-22(28)14-8-10-15(11-9-14)24-19-18(23)20(26)25(21(19)27)16-6-5-7-17(13-16)29-2/h5-11,13,24H,3-4,12H2,1-2H3. The second kappa shape index (κ2) is 9.45. The lowest BCUT2D eigenvalue weighted by Crippen LogP contribution is -2.32. The number of hydrogen-bond donors (Lipinski definition) is 1. The highest BCUT2D eigenvalue weighted by atomic mass is 35.5. The lowest BCUT2D eigenvalue weighted by atomic mass is 10.2. The van der Waals surface area contributed by atoms with Gasteiger partial charge in [-0.2, -0.15) is 0 Å². The van der Waals surface area contributed by atoms with E-state index in [1.165, 1.54) is 7.11 Å². The first-order chi connectivity index (χ1) is 14.5. The summed E-state index contributed by atoms with van der Waals surface area (Å²) >= 11 is 6.14. The largest absolute Gasteiger partial charge is 0.497 e. The highest BCUT2D eigenvalue weighted by molar-refractivity contribution is 6.53. The predicted octanol–water partition coefficient (Wildman–Crippen LogP) is 4.09. The fraction of sp³-hybridized carbons (Fsp3) is 0.227. The summed E-state index contributed by atoms with van der Waals surface area (Å²) in [5, 5.41) is 2.65. The molecule has 0 bridgehead atoms. The van der Waals surface area contributed by atoms with Crippen LogP contribution in [0.25, 0.3) is 0 Å². The number of methoxy groups -OCH3 is 1. The molecule has 0 fully saturated rings. The molecule has 0 aliphatic carbocycles. The highest BCUT2D eigenvalue weighted by Crippen LogP contribution is 2.31. The van der Waals surface area contributed by atoms with Crippen molar-refractivity contribution in [2.75, 3.05) is 23.9 Å². The van der Waals surface area contributed by atoms with Crippen molar-refractivity contribution in [2.45, 2.75) is 19.8 Å². The number of amides is 2. The molecule has 0 atom stereocenters. The molecule has 0 unspecified atom stereocenters. The predicted molar refractivity (Wildman–Crippen MR) is 114 cm³/mol. The van der Waals surface area contributed by atoms with Gasteiger partial charge in [-0.05, 0) is 42.8 Å². The number of carbonyl (C=O) groups excluding carboxylic acids is 3. The summed E-state index contributed by atoms with van der Waals surface area (Å²) in [5.41, 5.74) is 1.21. The molecule has 0 spiro atoms. The molecule has 0 aromatic heterocycles. The van der Waals surface area contributed by atoms with Gasteiger partial charge in [-0.1, -0.05) is 31.0 Å². The summed E-state index contributed by atoms with van der Waals surface area (Å²) in [6.07, 6.45) is 1.74. The van der Waals surface area contributed by atoms with E-state index in [-0.39, 0.29) is 10.7 Å². The van der Waals surface area contributed by atoms with Gasteiger partial charge in [0.1, 0.15) is 16.5 Å². The maximum Gasteiger partial charge on any atom is 0.338 e. The quantitative estimate of drug-likeness (QED) is 0.387. The second-order valence-electron chi connectivity index (χ2n) is 6.53. The molecular weight excluding hydrogens is 408 g/mol. The number of halogens is 1. The fourth-order valence-corrected chi connectivity index (χ4v) is 3.03. The molecule has 1 heterocycles. The number of hydrogen-bond acceptors (Lipinski definition) is 6. The lowest BCUT2D eigenvalue weighted by molar-refractivity contribution is -0.120. The third-order valence-electron chi connectivity index (χ3n) is 4.46. The number of ether oxygens (including phenoxy) is 2. The van der Waals surface area contributed by atoms with Crippen molar-refractivity contribution in [3.63, 3.8) is 0 Å². The number of nitrogens with one attached hydrogen (secondary N) is 1. The van der Waals surface area contributed by atoms with Gasteiger partial charge in [0.25, 0.3) is 11.8 Å². The van der Waals surface area contributed by atoms with E-state index in [9.17, 15) is 14.4 Å². The first kappa shape index (κ1) is 21.4. The van der Waals surface area contributed by atoms with E-state index in [1.54, 1.807) is 48.5 Å². The van der Waals surface area contributed by atoms with Gasteiger partial charge < -0.3 is 14.8 Å². The molecular formula is C22H21ClN2O5. The van der Waals surface area contributed by atoms with Crippen molar-refractivity contribution in [3.05, 3.63) is 64.8 Å². The molecule has 1 aliphatic rings. The molecule has 30 heavy (non-hydrogen) atoms. The number of esters is 1. The molecule has 2 aromatic rings. The summed E-state index contributed by atoms with van der Waals surface area (Å²) in [7, 11) is 1.49. The zero-order chi connectivity index (χ0) is 21.7. The Morgan fingerprint density at radius 2 is 1.83 bits per heavy atom. The molecule has 1 N–H and O–H groups in total. The topological polar surface area (TPSA) is 84.9 Å². The van der Waals surface area contributed by atoms with Gasteiger partial charge in [-0.25, -0.2) is 9.69 Å². The van der Waals surface area contributed by atoms with E-state index in [1.807, 2.05) is 6.92 Å². The van der Waals surface area contributed by atoms with Crippen LogP contribution in [0.3, 0.4) is 0 Å². The molecule has 0 saturated heterocycles. The van der Waals surface area contributed by atoms with Gasteiger partial charge >= 0.3 is 5.97 Å². The number of benzene rings is 2. The number of carbonyl (C=O) groups is 3. The second-order valence-corrected chi connectivity index (χ2v) is 6.91. The lowest BCUT2D eigenvalue weighted by Gasteiger charge is -2.16. The van der Waals surface area contributed by atoms with E-state index in [0.717, 1.165) is 17.7 Å². The van der Waals surface area contributed by atoms with Crippen molar-refractivity contribution in [1.29, 1.82) is 0 Å².